The van der Waals surface area contributed by atoms with Gasteiger partial charge in [-0.15, -0.1) is 0 Å². The minimum absolute atomic E-state index is 0.0105. The summed E-state index contributed by atoms with van der Waals surface area (Å²) in [5.74, 6) is 0.250. The number of aliphatic hydroxyl groups is 1. The van der Waals surface area contributed by atoms with Gasteiger partial charge in [0, 0.05) is 6.61 Å². The number of carbonyl (C=O) groups excluding carboxylic acids is 1. The number of rotatable bonds is 3. The topological polar surface area (TPSA) is 46.5 Å². The molecule has 1 N–H and O–H groups in total. The number of esters is 1. The molecule has 0 heterocycles. The van der Waals surface area contributed by atoms with Crippen LogP contribution in [0.3, 0.4) is 0 Å². The molecule has 0 aliphatic heterocycles. The van der Waals surface area contributed by atoms with Crippen LogP contribution < -0.4 is 0 Å². The molecule has 0 saturated heterocycles. The van der Waals surface area contributed by atoms with Crippen LogP contribution in [-0.2, 0) is 9.53 Å². The molecule has 88 valence electrons. The van der Waals surface area contributed by atoms with Gasteiger partial charge in [-0.25, -0.2) is 0 Å². The third-order valence-electron chi connectivity index (χ3n) is 2.87. The summed E-state index contributed by atoms with van der Waals surface area (Å²) in [6, 6.07) is 0. The Morgan fingerprint density at radius 3 is 2.60 bits per heavy atom. The van der Waals surface area contributed by atoms with Gasteiger partial charge in [-0.1, -0.05) is 6.42 Å². The summed E-state index contributed by atoms with van der Waals surface area (Å²) >= 11 is 0. The Balaban J connectivity index is 2.51. The summed E-state index contributed by atoms with van der Waals surface area (Å²) in [6.07, 6.45) is 3.77. The lowest BCUT2D eigenvalue weighted by molar-refractivity contribution is -0.161. The normalized spacial score (nSPS) is 26.7. The number of carbonyl (C=O) groups is 1. The summed E-state index contributed by atoms with van der Waals surface area (Å²) in [5, 5.41) is 8.91. The Kier molecular flexibility index (Phi) is 4.14. The van der Waals surface area contributed by atoms with E-state index in [4.69, 9.17) is 9.84 Å². The molecule has 0 aromatic rings. The lowest BCUT2D eigenvalue weighted by atomic mass is 9.93. The summed E-state index contributed by atoms with van der Waals surface area (Å²) in [6.45, 7) is 5.84. The van der Waals surface area contributed by atoms with Crippen molar-refractivity contribution in [2.24, 2.45) is 11.8 Å². The molecule has 1 aliphatic rings. The van der Waals surface area contributed by atoms with Gasteiger partial charge in [0.2, 0.25) is 0 Å². The lowest BCUT2D eigenvalue weighted by Gasteiger charge is -2.24. The second-order valence-electron chi connectivity index (χ2n) is 5.34. The summed E-state index contributed by atoms with van der Waals surface area (Å²) in [7, 11) is 0. The first-order valence-corrected chi connectivity index (χ1v) is 5.78. The van der Waals surface area contributed by atoms with Gasteiger partial charge in [0.05, 0.1) is 5.92 Å². The van der Waals surface area contributed by atoms with Crippen LogP contribution in [0.15, 0.2) is 0 Å². The van der Waals surface area contributed by atoms with Crippen LogP contribution in [0.25, 0.3) is 0 Å². The Bertz CT molecular complexity index is 217. The molecule has 3 heteroatoms. The van der Waals surface area contributed by atoms with Gasteiger partial charge in [0.15, 0.2) is 0 Å². The third-order valence-corrected chi connectivity index (χ3v) is 2.87. The quantitative estimate of drug-likeness (QED) is 0.732. The van der Waals surface area contributed by atoms with Gasteiger partial charge < -0.3 is 9.84 Å². The molecule has 0 aromatic carbocycles. The highest BCUT2D eigenvalue weighted by Gasteiger charge is 2.35. The van der Waals surface area contributed by atoms with Crippen molar-refractivity contribution in [1.29, 1.82) is 0 Å². The second kappa shape index (κ2) is 4.97. The maximum atomic E-state index is 11.8. The van der Waals surface area contributed by atoms with Crippen LogP contribution in [0.5, 0.6) is 0 Å². The number of hydrogen-bond donors (Lipinski definition) is 1. The molecule has 0 aromatic heterocycles. The molecule has 15 heavy (non-hydrogen) atoms. The highest BCUT2D eigenvalue weighted by molar-refractivity contribution is 5.73. The average molecular weight is 214 g/mol. The first-order chi connectivity index (χ1) is 6.94. The summed E-state index contributed by atoms with van der Waals surface area (Å²) in [4.78, 5) is 11.8. The monoisotopic (exact) mass is 214 g/mol. The Morgan fingerprint density at radius 2 is 2.07 bits per heavy atom. The van der Waals surface area contributed by atoms with Crippen molar-refractivity contribution in [3.8, 4) is 0 Å². The van der Waals surface area contributed by atoms with Crippen molar-refractivity contribution < 1.29 is 14.6 Å². The maximum Gasteiger partial charge on any atom is 0.309 e. The highest BCUT2D eigenvalue weighted by atomic mass is 16.6. The van der Waals surface area contributed by atoms with E-state index in [1.807, 2.05) is 20.8 Å². The van der Waals surface area contributed by atoms with Gasteiger partial charge in [-0.2, -0.15) is 0 Å². The van der Waals surface area contributed by atoms with Crippen molar-refractivity contribution in [3.05, 3.63) is 0 Å². The van der Waals surface area contributed by atoms with E-state index in [-0.39, 0.29) is 18.5 Å². The van der Waals surface area contributed by atoms with Gasteiger partial charge in [-0.05, 0) is 46.0 Å². The van der Waals surface area contributed by atoms with Crippen LogP contribution in [-0.4, -0.2) is 23.3 Å². The van der Waals surface area contributed by atoms with E-state index in [1.54, 1.807) is 0 Å². The van der Waals surface area contributed by atoms with E-state index < -0.39 is 5.60 Å². The van der Waals surface area contributed by atoms with Crippen molar-refractivity contribution >= 4 is 5.97 Å². The molecule has 0 bridgehead atoms. The highest BCUT2D eigenvalue weighted by Crippen LogP contribution is 2.35. The fourth-order valence-electron chi connectivity index (χ4n) is 2.24. The predicted molar refractivity (Wildman–Crippen MR) is 58.4 cm³/mol. The van der Waals surface area contributed by atoms with Crippen molar-refractivity contribution in [3.63, 3.8) is 0 Å². The first kappa shape index (κ1) is 12.5. The Hall–Kier alpha value is -0.570. The predicted octanol–water partition coefficient (Wildman–Crippen LogP) is 2.13. The van der Waals surface area contributed by atoms with E-state index >= 15 is 0 Å². The molecule has 1 aliphatic carbocycles. The Morgan fingerprint density at radius 1 is 1.40 bits per heavy atom. The molecule has 0 spiro atoms. The number of ether oxygens (including phenoxy) is 1. The molecule has 3 nitrogen and oxygen atoms in total. The fraction of sp³-hybridized carbons (Fsp3) is 0.917. The third kappa shape index (κ3) is 3.82. The second-order valence-corrected chi connectivity index (χ2v) is 5.34. The molecule has 2 atom stereocenters. The van der Waals surface area contributed by atoms with Crippen LogP contribution in [0.1, 0.15) is 46.5 Å². The number of aliphatic hydroxyl groups excluding tert-OH is 1. The molecule has 1 fully saturated rings. The van der Waals surface area contributed by atoms with E-state index in [2.05, 4.69) is 0 Å². The minimum Gasteiger partial charge on any atom is -0.460 e. The molecule has 2 unspecified atom stereocenters. The molecular formula is C12H22O3. The minimum atomic E-state index is -0.399. The van der Waals surface area contributed by atoms with E-state index in [9.17, 15) is 4.79 Å². The van der Waals surface area contributed by atoms with Crippen molar-refractivity contribution in [2.45, 2.75) is 52.1 Å². The SMILES string of the molecule is CC(C)(C)OC(=O)C1CCCC1CCO. The van der Waals surface area contributed by atoms with Crippen LogP contribution in [0, 0.1) is 11.8 Å². The standard InChI is InChI=1S/C12H22O3/c1-12(2,3)15-11(14)10-6-4-5-9(10)7-8-13/h9-10,13H,4-8H2,1-3H3. The van der Waals surface area contributed by atoms with Crippen LogP contribution >= 0.6 is 0 Å². The largest absolute Gasteiger partial charge is 0.460 e. The average Bonchev–Trinajstić information content (AvgIpc) is 2.49. The van der Waals surface area contributed by atoms with Crippen LogP contribution in [0.4, 0.5) is 0 Å². The summed E-state index contributed by atoms with van der Waals surface area (Å²) in [5.41, 5.74) is -0.399. The molecule has 0 radical (unpaired) electrons. The lowest BCUT2D eigenvalue weighted by Crippen LogP contribution is -2.30. The molecule has 1 rings (SSSR count). The Labute approximate surface area is 91.8 Å². The smallest absolute Gasteiger partial charge is 0.309 e. The molecular weight excluding hydrogens is 192 g/mol. The zero-order chi connectivity index (χ0) is 11.5. The molecule has 0 amide bonds. The zero-order valence-electron chi connectivity index (χ0n) is 9.95. The van der Waals surface area contributed by atoms with Gasteiger partial charge in [0.25, 0.3) is 0 Å². The van der Waals surface area contributed by atoms with Gasteiger partial charge >= 0.3 is 5.97 Å². The van der Waals surface area contributed by atoms with E-state index in [0.717, 1.165) is 25.7 Å². The van der Waals surface area contributed by atoms with E-state index in [1.165, 1.54) is 0 Å². The van der Waals surface area contributed by atoms with Crippen molar-refractivity contribution in [2.75, 3.05) is 6.61 Å². The zero-order valence-corrected chi connectivity index (χ0v) is 9.95. The maximum absolute atomic E-state index is 11.8. The van der Waals surface area contributed by atoms with E-state index in [0.29, 0.717) is 5.92 Å². The van der Waals surface area contributed by atoms with Crippen LogP contribution in [0.2, 0.25) is 0 Å². The molecule has 1 saturated carbocycles. The first-order valence-electron chi connectivity index (χ1n) is 5.78. The van der Waals surface area contributed by atoms with Gasteiger partial charge in [0.1, 0.15) is 5.60 Å². The number of hydrogen-bond acceptors (Lipinski definition) is 3. The van der Waals surface area contributed by atoms with Gasteiger partial charge in [-0.3, -0.25) is 4.79 Å². The van der Waals surface area contributed by atoms with Crippen molar-refractivity contribution in [1.82, 2.24) is 0 Å². The summed E-state index contributed by atoms with van der Waals surface area (Å²) < 4.78 is 5.38. The fourth-order valence-corrected chi connectivity index (χ4v) is 2.24.